The van der Waals surface area contributed by atoms with Crippen LogP contribution in [0.1, 0.15) is 19.8 Å². The van der Waals surface area contributed by atoms with Crippen LogP contribution in [0.5, 0.6) is 0 Å². The molecule has 7 heteroatoms. The average Bonchev–Trinajstić information content (AvgIpc) is 2.78. The molecule has 0 aromatic rings. The summed E-state index contributed by atoms with van der Waals surface area (Å²) < 4.78 is 22.6. The third-order valence-electron chi connectivity index (χ3n) is 4.18. The summed E-state index contributed by atoms with van der Waals surface area (Å²) in [7, 11) is -2.84. The number of hydrogen-bond donors (Lipinski definition) is 1. The Kier molecular flexibility index (Phi) is 5.40. The van der Waals surface area contributed by atoms with Crippen LogP contribution in [0.2, 0.25) is 0 Å². The maximum Gasteiger partial charge on any atom is 0.223 e. The standard InChI is InChI=1S/C13H25N3O3S/c1-2-15-6-8-16(9-7-15)13(17)3-5-14-12-4-10-20(18,19)11-12/h12,14H,2-11H2,1H3. The molecule has 1 atom stereocenters. The molecule has 2 aliphatic rings. The highest BCUT2D eigenvalue weighted by Crippen LogP contribution is 2.11. The van der Waals surface area contributed by atoms with Gasteiger partial charge in [0.2, 0.25) is 5.91 Å². The summed E-state index contributed by atoms with van der Waals surface area (Å²) >= 11 is 0. The number of nitrogens with one attached hydrogen (secondary N) is 1. The highest BCUT2D eigenvalue weighted by Gasteiger charge is 2.27. The summed E-state index contributed by atoms with van der Waals surface area (Å²) in [6.07, 6.45) is 1.13. The molecule has 0 spiro atoms. The van der Waals surface area contributed by atoms with Crippen molar-refractivity contribution in [1.82, 2.24) is 15.1 Å². The SMILES string of the molecule is CCN1CCN(C(=O)CCNC2CCS(=O)(=O)C2)CC1. The van der Waals surface area contributed by atoms with Crippen LogP contribution in [0, 0.1) is 0 Å². The Balaban J connectivity index is 1.63. The molecule has 2 saturated heterocycles. The van der Waals surface area contributed by atoms with Gasteiger partial charge in [0.1, 0.15) is 0 Å². The molecule has 1 amide bonds. The lowest BCUT2D eigenvalue weighted by atomic mass is 10.2. The van der Waals surface area contributed by atoms with Gasteiger partial charge in [-0.15, -0.1) is 0 Å². The third kappa shape index (κ3) is 4.43. The summed E-state index contributed by atoms with van der Waals surface area (Å²) in [6.45, 7) is 7.28. The number of hydrogen-bond acceptors (Lipinski definition) is 5. The molecular formula is C13H25N3O3S. The highest BCUT2D eigenvalue weighted by atomic mass is 32.2. The number of likely N-dealkylation sites (N-methyl/N-ethyl adjacent to an activating group) is 1. The topological polar surface area (TPSA) is 69.7 Å². The molecule has 2 fully saturated rings. The van der Waals surface area contributed by atoms with Crippen LogP contribution in [-0.2, 0) is 14.6 Å². The second-order valence-electron chi connectivity index (χ2n) is 5.62. The summed E-state index contributed by atoms with van der Waals surface area (Å²) in [5.74, 6) is 0.669. The van der Waals surface area contributed by atoms with Crippen molar-refractivity contribution in [2.75, 3.05) is 50.8 Å². The molecule has 2 heterocycles. The minimum absolute atomic E-state index is 0.0322. The molecule has 2 aliphatic heterocycles. The number of rotatable bonds is 5. The van der Waals surface area contributed by atoms with Crippen LogP contribution in [-0.4, -0.2) is 80.9 Å². The Morgan fingerprint density at radius 2 is 1.95 bits per heavy atom. The lowest BCUT2D eigenvalue weighted by molar-refractivity contribution is -0.132. The number of nitrogens with zero attached hydrogens (tertiary/aromatic N) is 2. The van der Waals surface area contributed by atoms with Gasteiger partial charge in [0.15, 0.2) is 9.84 Å². The van der Waals surface area contributed by atoms with E-state index < -0.39 is 9.84 Å². The predicted molar refractivity (Wildman–Crippen MR) is 78.4 cm³/mol. The minimum Gasteiger partial charge on any atom is -0.340 e. The fourth-order valence-electron chi connectivity index (χ4n) is 2.81. The van der Waals surface area contributed by atoms with E-state index in [1.165, 1.54) is 0 Å². The summed E-state index contributed by atoms with van der Waals surface area (Å²) in [5.41, 5.74) is 0. The second kappa shape index (κ2) is 6.87. The molecule has 0 aliphatic carbocycles. The largest absolute Gasteiger partial charge is 0.340 e. The number of sulfone groups is 1. The van der Waals surface area contributed by atoms with Crippen LogP contribution in [0.3, 0.4) is 0 Å². The quantitative estimate of drug-likeness (QED) is 0.728. The Hall–Kier alpha value is -0.660. The summed E-state index contributed by atoms with van der Waals surface area (Å²) in [6, 6.07) is 0.0322. The van der Waals surface area contributed by atoms with Gasteiger partial charge >= 0.3 is 0 Å². The fourth-order valence-corrected chi connectivity index (χ4v) is 4.52. The number of amides is 1. The van der Waals surface area contributed by atoms with Crippen LogP contribution in [0.25, 0.3) is 0 Å². The van der Waals surface area contributed by atoms with Crippen molar-refractivity contribution >= 4 is 15.7 Å². The lowest BCUT2D eigenvalue weighted by Crippen LogP contribution is -2.49. The van der Waals surface area contributed by atoms with Crippen molar-refractivity contribution in [2.24, 2.45) is 0 Å². The van der Waals surface area contributed by atoms with E-state index in [4.69, 9.17) is 0 Å². The Morgan fingerprint density at radius 3 is 2.50 bits per heavy atom. The van der Waals surface area contributed by atoms with E-state index in [-0.39, 0.29) is 23.5 Å². The van der Waals surface area contributed by atoms with E-state index in [2.05, 4.69) is 17.1 Å². The van der Waals surface area contributed by atoms with E-state index in [1.54, 1.807) is 0 Å². The first-order chi connectivity index (χ1) is 9.50. The van der Waals surface area contributed by atoms with Crippen LogP contribution in [0.4, 0.5) is 0 Å². The van der Waals surface area contributed by atoms with Crippen molar-refractivity contribution in [3.63, 3.8) is 0 Å². The van der Waals surface area contributed by atoms with E-state index in [1.807, 2.05) is 4.90 Å². The van der Waals surface area contributed by atoms with Crippen LogP contribution in [0.15, 0.2) is 0 Å². The lowest BCUT2D eigenvalue weighted by Gasteiger charge is -2.34. The van der Waals surface area contributed by atoms with E-state index in [9.17, 15) is 13.2 Å². The van der Waals surface area contributed by atoms with Crippen molar-refractivity contribution in [3.8, 4) is 0 Å². The van der Waals surface area contributed by atoms with Crippen molar-refractivity contribution < 1.29 is 13.2 Å². The summed E-state index contributed by atoms with van der Waals surface area (Å²) in [4.78, 5) is 16.3. The van der Waals surface area contributed by atoms with Gasteiger partial charge in [-0.05, 0) is 13.0 Å². The van der Waals surface area contributed by atoms with E-state index >= 15 is 0 Å². The van der Waals surface area contributed by atoms with Gasteiger partial charge in [0.05, 0.1) is 11.5 Å². The van der Waals surface area contributed by atoms with Crippen LogP contribution >= 0.6 is 0 Å². The number of carbonyl (C=O) groups is 1. The van der Waals surface area contributed by atoms with Crippen molar-refractivity contribution in [2.45, 2.75) is 25.8 Å². The molecule has 20 heavy (non-hydrogen) atoms. The van der Waals surface area contributed by atoms with Gasteiger partial charge in [-0.3, -0.25) is 4.79 Å². The first kappa shape index (κ1) is 15.7. The molecule has 0 radical (unpaired) electrons. The molecule has 1 unspecified atom stereocenters. The van der Waals surface area contributed by atoms with E-state index in [0.29, 0.717) is 19.4 Å². The molecule has 0 aromatic heterocycles. The molecule has 0 saturated carbocycles. The Bertz CT molecular complexity index is 430. The number of piperazine rings is 1. The number of carbonyl (C=O) groups excluding carboxylic acids is 1. The van der Waals surface area contributed by atoms with E-state index in [0.717, 1.165) is 32.7 Å². The fraction of sp³-hybridized carbons (Fsp3) is 0.923. The molecule has 6 nitrogen and oxygen atoms in total. The third-order valence-corrected chi connectivity index (χ3v) is 5.94. The maximum atomic E-state index is 12.0. The normalized spacial score (nSPS) is 26.9. The molecule has 2 rings (SSSR count). The first-order valence-electron chi connectivity index (χ1n) is 7.44. The first-order valence-corrected chi connectivity index (χ1v) is 9.26. The van der Waals surface area contributed by atoms with Crippen molar-refractivity contribution in [1.29, 1.82) is 0 Å². The van der Waals surface area contributed by atoms with Gasteiger partial charge < -0.3 is 15.1 Å². The van der Waals surface area contributed by atoms with Gasteiger partial charge in [-0.2, -0.15) is 0 Å². The smallest absolute Gasteiger partial charge is 0.223 e. The highest BCUT2D eigenvalue weighted by molar-refractivity contribution is 7.91. The average molecular weight is 303 g/mol. The zero-order chi connectivity index (χ0) is 14.6. The van der Waals surface area contributed by atoms with Crippen molar-refractivity contribution in [3.05, 3.63) is 0 Å². The second-order valence-corrected chi connectivity index (χ2v) is 7.85. The van der Waals surface area contributed by atoms with Crippen LogP contribution < -0.4 is 5.32 Å². The van der Waals surface area contributed by atoms with Gasteiger partial charge in [0, 0.05) is 45.2 Å². The van der Waals surface area contributed by atoms with Gasteiger partial charge in [-0.25, -0.2) is 8.42 Å². The monoisotopic (exact) mass is 303 g/mol. The zero-order valence-corrected chi connectivity index (χ0v) is 13.0. The predicted octanol–water partition coefficient (Wildman–Crippen LogP) is -0.683. The molecule has 0 aromatic carbocycles. The molecule has 116 valence electrons. The maximum absolute atomic E-state index is 12.0. The molecule has 1 N–H and O–H groups in total. The van der Waals surface area contributed by atoms with Gasteiger partial charge in [0.25, 0.3) is 0 Å². The summed E-state index contributed by atoms with van der Waals surface area (Å²) in [5, 5.41) is 3.19. The Morgan fingerprint density at radius 1 is 1.25 bits per heavy atom. The molecular weight excluding hydrogens is 278 g/mol. The minimum atomic E-state index is -2.84. The molecule has 0 bridgehead atoms. The van der Waals surface area contributed by atoms with Gasteiger partial charge in [-0.1, -0.05) is 6.92 Å². The zero-order valence-electron chi connectivity index (χ0n) is 12.2. The Labute approximate surface area is 121 Å².